The molecule has 4 N–H and O–H groups in total. The molecule has 0 bridgehead atoms. The summed E-state index contributed by atoms with van der Waals surface area (Å²) >= 11 is 0. The summed E-state index contributed by atoms with van der Waals surface area (Å²) in [5.41, 5.74) is 11.3. The minimum atomic E-state index is -0.941. The van der Waals surface area contributed by atoms with Gasteiger partial charge in [-0.25, -0.2) is 9.59 Å². The fraction of sp³-hybridized carbons (Fsp3) is 0.364. The van der Waals surface area contributed by atoms with Crippen LogP contribution in [0, 0.1) is 5.92 Å². The molecule has 1 heterocycles. The lowest BCUT2D eigenvalue weighted by Crippen LogP contribution is -2.57. The predicted molar refractivity (Wildman–Crippen MR) is 156 cm³/mol. The van der Waals surface area contributed by atoms with Gasteiger partial charge in [0.05, 0.1) is 6.61 Å². The number of esters is 1. The second-order valence-corrected chi connectivity index (χ2v) is 10.6. The quantitative estimate of drug-likeness (QED) is 0.353. The van der Waals surface area contributed by atoms with Crippen LogP contribution in [-0.4, -0.2) is 49.8 Å². The van der Waals surface area contributed by atoms with Crippen LogP contribution in [0.1, 0.15) is 54.7 Å². The molecule has 1 aliphatic heterocycles. The number of alkyl carbamates (subject to hydrolysis) is 1. The summed E-state index contributed by atoms with van der Waals surface area (Å²) in [5, 5.41) is 5.72. The molecule has 4 unspecified atom stereocenters. The molecule has 3 aromatic carbocycles. The van der Waals surface area contributed by atoms with E-state index in [1.165, 1.54) is 0 Å². The van der Waals surface area contributed by atoms with Crippen LogP contribution >= 0.6 is 0 Å². The first-order valence-electron chi connectivity index (χ1n) is 14.3. The second-order valence-electron chi connectivity index (χ2n) is 10.6. The van der Waals surface area contributed by atoms with Crippen LogP contribution in [0.5, 0.6) is 0 Å². The molecule has 0 spiro atoms. The Morgan fingerprint density at radius 3 is 2.17 bits per heavy atom. The van der Waals surface area contributed by atoms with Crippen molar-refractivity contribution in [2.75, 3.05) is 19.8 Å². The molecule has 4 atom stereocenters. The largest absolute Gasteiger partial charge is 0.464 e. The molecule has 8 nitrogen and oxygen atoms in total. The van der Waals surface area contributed by atoms with Gasteiger partial charge in [0.1, 0.15) is 18.7 Å². The zero-order valence-corrected chi connectivity index (χ0v) is 23.3. The molecule has 0 saturated carbocycles. The van der Waals surface area contributed by atoms with Crippen molar-refractivity contribution in [2.24, 2.45) is 11.7 Å². The smallest absolute Gasteiger partial charge is 0.407 e. The number of amides is 2. The maximum absolute atomic E-state index is 13.7. The van der Waals surface area contributed by atoms with Crippen molar-refractivity contribution in [2.45, 2.75) is 50.1 Å². The third-order valence-corrected chi connectivity index (χ3v) is 8.23. The molecule has 41 heavy (non-hydrogen) atoms. The Hall–Kier alpha value is -4.17. The minimum Gasteiger partial charge on any atom is -0.464 e. The van der Waals surface area contributed by atoms with E-state index in [4.69, 9.17) is 15.2 Å². The van der Waals surface area contributed by atoms with Gasteiger partial charge in [-0.15, -0.1) is 0 Å². The zero-order valence-electron chi connectivity index (χ0n) is 23.3. The maximum Gasteiger partial charge on any atom is 0.407 e. The summed E-state index contributed by atoms with van der Waals surface area (Å²) in [6, 6.07) is 24.1. The van der Waals surface area contributed by atoms with Crippen molar-refractivity contribution in [1.29, 1.82) is 0 Å². The van der Waals surface area contributed by atoms with E-state index in [0.29, 0.717) is 25.8 Å². The van der Waals surface area contributed by atoms with Gasteiger partial charge in [0, 0.05) is 11.8 Å². The first kappa shape index (κ1) is 28.4. The van der Waals surface area contributed by atoms with E-state index in [1.807, 2.05) is 54.6 Å². The average Bonchev–Trinajstić information content (AvgIpc) is 3.31. The molecule has 1 saturated heterocycles. The summed E-state index contributed by atoms with van der Waals surface area (Å²) in [7, 11) is 0. The lowest BCUT2D eigenvalue weighted by molar-refractivity contribution is -0.150. The van der Waals surface area contributed by atoms with Gasteiger partial charge in [-0.3, -0.25) is 4.79 Å². The first-order valence-corrected chi connectivity index (χ1v) is 14.3. The van der Waals surface area contributed by atoms with Crippen LogP contribution in [0.4, 0.5) is 4.79 Å². The van der Waals surface area contributed by atoms with Gasteiger partial charge in [-0.05, 0) is 66.5 Å². The van der Waals surface area contributed by atoms with Crippen molar-refractivity contribution in [3.63, 3.8) is 0 Å². The molecule has 5 rings (SSSR count). The van der Waals surface area contributed by atoms with E-state index in [0.717, 1.165) is 27.8 Å². The lowest BCUT2D eigenvalue weighted by Gasteiger charge is -2.35. The number of nitrogens with one attached hydrogen (secondary N) is 2. The van der Waals surface area contributed by atoms with E-state index in [1.54, 1.807) is 6.92 Å². The van der Waals surface area contributed by atoms with Gasteiger partial charge in [0.25, 0.3) is 0 Å². The maximum atomic E-state index is 13.7. The van der Waals surface area contributed by atoms with Crippen molar-refractivity contribution in [3.8, 4) is 11.1 Å². The number of carbonyl (C=O) groups excluding carboxylic acids is 3. The van der Waals surface area contributed by atoms with Gasteiger partial charge in [-0.2, -0.15) is 0 Å². The van der Waals surface area contributed by atoms with E-state index < -0.39 is 30.1 Å². The van der Waals surface area contributed by atoms with Crippen LogP contribution in [0.15, 0.2) is 78.9 Å². The Balaban J connectivity index is 1.36. The molecule has 0 radical (unpaired) electrons. The summed E-state index contributed by atoms with van der Waals surface area (Å²) in [4.78, 5) is 39.8. The molecular formula is C33H37N3O5. The number of benzene rings is 3. The highest BCUT2D eigenvalue weighted by Gasteiger charge is 2.40. The normalized spacial score (nSPS) is 22.0. The topological polar surface area (TPSA) is 120 Å². The zero-order chi connectivity index (χ0) is 28.8. The Kier molecular flexibility index (Phi) is 8.99. The number of hydrogen-bond acceptors (Lipinski definition) is 6. The van der Waals surface area contributed by atoms with Gasteiger partial charge < -0.3 is 25.8 Å². The van der Waals surface area contributed by atoms with Crippen molar-refractivity contribution in [1.82, 2.24) is 10.6 Å². The standard InChI is InChI=1S/C33H37N3O5/c1-2-40-32(38)29-22(18-19-34)16-17-23(21-10-4-3-5-11-21)30(31(37)35-29)36-33(39)41-20-28-26-14-8-6-12-24(26)25-13-7-9-15-27(25)28/h3-15,22-23,28-30H,2,16-20,34H2,1H3,(H,35,37)(H,36,39). The monoisotopic (exact) mass is 555 g/mol. The number of nitrogens with two attached hydrogens (primary N) is 1. The van der Waals surface area contributed by atoms with E-state index >= 15 is 0 Å². The van der Waals surface area contributed by atoms with Gasteiger partial charge in [0.2, 0.25) is 5.91 Å². The van der Waals surface area contributed by atoms with Gasteiger partial charge in [0.15, 0.2) is 0 Å². The molecular weight excluding hydrogens is 518 g/mol. The highest BCUT2D eigenvalue weighted by Crippen LogP contribution is 2.44. The molecule has 2 aliphatic rings. The highest BCUT2D eigenvalue weighted by molar-refractivity contribution is 5.91. The van der Waals surface area contributed by atoms with Crippen molar-refractivity contribution in [3.05, 3.63) is 95.6 Å². The third-order valence-electron chi connectivity index (χ3n) is 8.23. The Bertz CT molecular complexity index is 1330. The van der Waals surface area contributed by atoms with Crippen LogP contribution in [0.3, 0.4) is 0 Å². The number of carbonyl (C=O) groups is 3. The second kappa shape index (κ2) is 13.0. The number of rotatable bonds is 8. The Morgan fingerprint density at radius 1 is 0.902 bits per heavy atom. The lowest BCUT2D eigenvalue weighted by atomic mass is 9.79. The third kappa shape index (κ3) is 6.12. The molecule has 1 aliphatic carbocycles. The molecule has 1 fully saturated rings. The summed E-state index contributed by atoms with van der Waals surface area (Å²) in [6.07, 6.45) is 1.09. The Morgan fingerprint density at radius 2 is 1.54 bits per heavy atom. The number of fused-ring (bicyclic) bond motifs is 3. The highest BCUT2D eigenvalue weighted by atomic mass is 16.5. The fourth-order valence-electron chi connectivity index (χ4n) is 6.27. The van der Waals surface area contributed by atoms with Crippen LogP contribution in [-0.2, 0) is 19.1 Å². The SMILES string of the molecule is CCOC(=O)C1NC(=O)C(NC(=O)OCC2c3ccccc3-c3ccccc32)C(c2ccccc2)CCC1CCN. The summed E-state index contributed by atoms with van der Waals surface area (Å²) in [6.45, 7) is 2.45. The number of hydrogen-bond donors (Lipinski definition) is 3. The van der Waals surface area contributed by atoms with Crippen LogP contribution in [0.2, 0.25) is 0 Å². The van der Waals surface area contributed by atoms with E-state index in [-0.39, 0.29) is 31.0 Å². The van der Waals surface area contributed by atoms with Gasteiger partial charge in [-0.1, -0.05) is 78.9 Å². The molecule has 2 amide bonds. The molecule has 3 aromatic rings. The minimum absolute atomic E-state index is 0.102. The van der Waals surface area contributed by atoms with E-state index in [9.17, 15) is 14.4 Å². The van der Waals surface area contributed by atoms with Gasteiger partial charge >= 0.3 is 12.1 Å². The van der Waals surface area contributed by atoms with Crippen LogP contribution in [0.25, 0.3) is 11.1 Å². The van der Waals surface area contributed by atoms with Crippen molar-refractivity contribution < 1.29 is 23.9 Å². The van der Waals surface area contributed by atoms with Crippen LogP contribution < -0.4 is 16.4 Å². The Labute approximate surface area is 240 Å². The molecule has 0 aromatic heterocycles. The molecule has 214 valence electrons. The number of ether oxygens (including phenoxy) is 2. The molecule has 8 heteroatoms. The first-order chi connectivity index (χ1) is 20.0. The van der Waals surface area contributed by atoms with Crippen molar-refractivity contribution >= 4 is 18.0 Å². The predicted octanol–water partition coefficient (Wildman–Crippen LogP) is 4.48. The summed E-state index contributed by atoms with van der Waals surface area (Å²) in [5.74, 6) is -1.54. The fourth-order valence-corrected chi connectivity index (χ4v) is 6.27. The average molecular weight is 556 g/mol. The van der Waals surface area contributed by atoms with E-state index in [2.05, 4.69) is 34.9 Å². The summed E-state index contributed by atoms with van der Waals surface area (Å²) < 4.78 is 11.1.